The highest BCUT2D eigenvalue weighted by Gasteiger charge is 2.46. The van der Waals surface area contributed by atoms with Crippen LogP contribution in [0.4, 0.5) is 0 Å². The van der Waals surface area contributed by atoms with Gasteiger partial charge in [-0.05, 0) is 82.2 Å². The van der Waals surface area contributed by atoms with Crippen molar-refractivity contribution < 1.29 is 19.4 Å². The fourth-order valence-electron chi connectivity index (χ4n) is 4.21. The van der Waals surface area contributed by atoms with Gasteiger partial charge in [0, 0.05) is 12.1 Å². The molecule has 2 aromatic carbocycles. The Kier molecular flexibility index (Phi) is 7.92. The molecule has 3 rings (SSSR count). The van der Waals surface area contributed by atoms with Crippen LogP contribution in [0.15, 0.2) is 48.0 Å². The van der Waals surface area contributed by atoms with Crippen LogP contribution in [-0.2, 0) is 9.59 Å². The molecule has 0 radical (unpaired) electrons. The monoisotopic (exact) mass is 450 g/mol. The largest absolute Gasteiger partial charge is 0.507 e. The minimum absolute atomic E-state index is 0.140. The highest BCUT2D eigenvalue weighted by Crippen LogP contribution is 2.41. The first kappa shape index (κ1) is 24.5. The lowest BCUT2D eigenvalue weighted by Crippen LogP contribution is -2.32. The van der Waals surface area contributed by atoms with E-state index in [1.54, 1.807) is 23.1 Å². The maximum Gasteiger partial charge on any atom is 0.295 e. The van der Waals surface area contributed by atoms with E-state index in [2.05, 4.69) is 0 Å². The van der Waals surface area contributed by atoms with Gasteiger partial charge in [0.25, 0.3) is 11.7 Å². The number of nitrogens with zero attached hydrogens (tertiary/aromatic N) is 2. The molecule has 0 bridgehead atoms. The number of benzene rings is 2. The van der Waals surface area contributed by atoms with Gasteiger partial charge in [-0.2, -0.15) is 0 Å². The number of carbonyl (C=O) groups excluding carboxylic acids is 2. The third-order valence-corrected chi connectivity index (χ3v) is 5.94. The van der Waals surface area contributed by atoms with Crippen molar-refractivity contribution >= 4 is 17.4 Å². The number of amides is 1. The van der Waals surface area contributed by atoms with Gasteiger partial charge in [0.2, 0.25) is 0 Å². The predicted molar refractivity (Wildman–Crippen MR) is 130 cm³/mol. The predicted octanol–water partition coefficient (Wildman–Crippen LogP) is 4.47. The zero-order valence-corrected chi connectivity index (χ0v) is 20.2. The molecule has 1 aliphatic heterocycles. The first-order valence-electron chi connectivity index (χ1n) is 11.5. The Labute approximate surface area is 196 Å². The highest BCUT2D eigenvalue weighted by atomic mass is 16.5. The molecule has 176 valence electrons. The second-order valence-electron chi connectivity index (χ2n) is 8.83. The molecule has 1 aliphatic rings. The zero-order chi connectivity index (χ0) is 24.1. The van der Waals surface area contributed by atoms with E-state index in [9.17, 15) is 14.7 Å². The van der Waals surface area contributed by atoms with Crippen LogP contribution in [0.5, 0.6) is 5.75 Å². The summed E-state index contributed by atoms with van der Waals surface area (Å²) < 4.78 is 5.74. The minimum atomic E-state index is -0.644. The molecular formula is C27H34N2O4. The number of likely N-dealkylation sites (tertiary alicyclic amines) is 1. The number of aryl methyl sites for hydroxylation is 2. The number of hydrogen-bond donors (Lipinski definition) is 1. The van der Waals surface area contributed by atoms with Crippen LogP contribution in [0.25, 0.3) is 5.76 Å². The second kappa shape index (κ2) is 10.7. The second-order valence-corrected chi connectivity index (χ2v) is 8.83. The summed E-state index contributed by atoms with van der Waals surface area (Å²) in [5, 5.41) is 11.3. The quantitative estimate of drug-likeness (QED) is 0.347. The average Bonchev–Trinajstić information content (AvgIpc) is 3.02. The van der Waals surface area contributed by atoms with Gasteiger partial charge in [-0.3, -0.25) is 9.59 Å². The lowest BCUT2D eigenvalue weighted by atomic mass is 9.92. The van der Waals surface area contributed by atoms with Crippen LogP contribution in [0.1, 0.15) is 48.1 Å². The Morgan fingerprint density at radius 2 is 1.82 bits per heavy atom. The summed E-state index contributed by atoms with van der Waals surface area (Å²) in [4.78, 5) is 29.9. The number of aliphatic hydroxyl groups is 1. The molecule has 6 nitrogen and oxygen atoms in total. The van der Waals surface area contributed by atoms with Crippen LogP contribution < -0.4 is 4.74 Å². The number of ketones is 1. The normalized spacial score (nSPS) is 17.8. The standard InChI is InChI=1S/C27H34N2O4/c1-6-16-33-22-13-12-20(17-19(22)3)25(30)23-24(21-11-8-7-10-18(21)2)29(27(32)26(23)31)15-9-14-28(4)5/h7-8,10-13,17,24,30H,6,9,14-16H2,1-5H3/b25-23+. The van der Waals surface area contributed by atoms with Crippen molar-refractivity contribution in [2.75, 3.05) is 33.8 Å². The smallest absolute Gasteiger partial charge is 0.295 e. The first-order chi connectivity index (χ1) is 15.8. The van der Waals surface area contributed by atoms with E-state index < -0.39 is 17.7 Å². The van der Waals surface area contributed by atoms with Gasteiger partial charge in [-0.25, -0.2) is 0 Å². The van der Waals surface area contributed by atoms with Gasteiger partial charge in [0.1, 0.15) is 11.5 Å². The molecule has 0 saturated carbocycles. The number of rotatable bonds is 9. The Balaban J connectivity index is 2.08. The van der Waals surface area contributed by atoms with Gasteiger partial charge in [0.05, 0.1) is 18.2 Å². The molecule has 1 fully saturated rings. The van der Waals surface area contributed by atoms with Crippen molar-refractivity contribution in [1.29, 1.82) is 0 Å². The van der Waals surface area contributed by atoms with E-state index in [-0.39, 0.29) is 11.3 Å². The number of ether oxygens (including phenoxy) is 1. The van der Waals surface area contributed by atoms with E-state index in [1.807, 2.05) is 64.0 Å². The fraction of sp³-hybridized carbons (Fsp3) is 0.407. The van der Waals surface area contributed by atoms with E-state index in [1.165, 1.54) is 0 Å². The summed E-state index contributed by atoms with van der Waals surface area (Å²) in [6, 6.07) is 12.4. The van der Waals surface area contributed by atoms with Crippen LogP contribution >= 0.6 is 0 Å². The molecule has 0 spiro atoms. The molecule has 1 atom stereocenters. The van der Waals surface area contributed by atoms with Crippen molar-refractivity contribution in [3.63, 3.8) is 0 Å². The number of aliphatic hydroxyl groups excluding tert-OH is 1. The Morgan fingerprint density at radius 3 is 2.45 bits per heavy atom. The molecule has 6 heteroatoms. The Morgan fingerprint density at radius 1 is 1.09 bits per heavy atom. The Bertz CT molecular complexity index is 1060. The van der Waals surface area contributed by atoms with E-state index in [0.29, 0.717) is 18.7 Å². The third-order valence-electron chi connectivity index (χ3n) is 5.94. The van der Waals surface area contributed by atoms with Gasteiger partial charge >= 0.3 is 0 Å². The van der Waals surface area contributed by atoms with Crippen LogP contribution in [0, 0.1) is 13.8 Å². The van der Waals surface area contributed by atoms with Crippen molar-refractivity contribution in [1.82, 2.24) is 9.80 Å². The van der Waals surface area contributed by atoms with Crippen LogP contribution in [0.3, 0.4) is 0 Å². The van der Waals surface area contributed by atoms with Gasteiger partial charge in [0.15, 0.2) is 0 Å². The summed E-state index contributed by atoms with van der Waals surface area (Å²) in [6.45, 7) is 7.74. The highest BCUT2D eigenvalue weighted by molar-refractivity contribution is 6.46. The fourth-order valence-corrected chi connectivity index (χ4v) is 4.21. The molecule has 1 unspecified atom stereocenters. The average molecular weight is 451 g/mol. The molecule has 1 saturated heterocycles. The van der Waals surface area contributed by atoms with Crippen molar-refractivity contribution in [2.45, 2.75) is 39.7 Å². The molecule has 0 aliphatic carbocycles. The summed E-state index contributed by atoms with van der Waals surface area (Å²) in [6.07, 6.45) is 1.62. The topological polar surface area (TPSA) is 70.1 Å². The number of Topliss-reactive ketones (excluding diaryl/α,β-unsaturated/α-hetero) is 1. The SMILES string of the molecule is CCCOc1ccc(/C(O)=C2\C(=O)C(=O)N(CCCN(C)C)C2c2ccccc2C)cc1C. The van der Waals surface area contributed by atoms with Gasteiger partial charge < -0.3 is 19.6 Å². The summed E-state index contributed by atoms with van der Waals surface area (Å²) >= 11 is 0. The van der Waals surface area contributed by atoms with Gasteiger partial charge in [-0.15, -0.1) is 0 Å². The molecule has 1 amide bonds. The van der Waals surface area contributed by atoms with Crippen molar-refractivity contribution in [3.8, 4) is 5.75 Å². The maximum absolute atomic E-state index is 13.2. The van der Waals surface area contributed by atoms with Gasteiger partial charge in [-0.1, -0.05) is 31.2 Å². The van der Waals surface area contributed by atoms with E-state index in [4.69, 9.17) is 4.74 Å². The first-order valence-corrected chi connectivity index (χ1v) is 11.5. The summed E-state index contributed by atoms with van der Waals surface area (Å²) in [7, 11) is 3.95. The number of carbonyl (C=O) groups is 2. The molecule has 1 heterocycles. The van der Waals surface area contributed by atoms with Crippen LogP contribution in [0.2, 0.25) is 0 Å². The van der Waals surface area contributed by atoms with E-state index >= 15 is 0 Å². The van der Waals surface area contributed by atoms with E-state index in [0.717, 1.165) is 41.8 Å². The molecule has 1 N–H and O–H groups in total. The minimum Gasteiger partial charge on any atom is -0.507 e. The van der Waals surface area contributed by atoms with Crippen molar-refractivity contribution in [3.05, 3.63) is 70.3 Å². The third kappa shape index (κ3) is 5.28. The lowest BCUT2D eigenvalue weighted by molar-refractivity contribution is -0.139. The van der Waals surface area contributed by atoms with Crippen LogP contribution in [-0.4, -0.2) is 60.4 Å². The van der Waals surface area contributed by atoms with Crippen molar-refractivity contribution in [2.24, 2.45) is 0 Å². The zero-order valence-electron chi connectivity index (χ0n) is 20.2. The molecule has 33 heavy (non-hydrogen) atoms. The maximum atomic E-state index is 13.2. The summed E-state index contributed by atoms with van der Waals surface area (Å²) in [5.41, 5.74) is 3.32. The Hall–Kier alpha value is -3.12. The lowest BCUT2D eigenvalue weighted by Gasteiger charge is -2.27. The molecule has 0 aromatic heterocycles. The number of hydrogen-bond acceptors (Lipinski definition) is 5. The molecular weight excluding hydrogens is 416 g/mol. The summed E-state index contributed by atoms with van der Waals surface area (Å²) in [5.74, 6) is -0.618. The molecule has 2 aromatic rings.